The van der Waals surface area contributed by atoms with Gasteiger partial charge in [0.1, 0.15) is 72.1 Å². The number of ketones is 5. The number of urea groups is 1. The Morgan fingerprint density at radius 2 is 1.49 bits per heavy atom. The third-order valence-corrected chi connectivity index (χ3v) is 30.2. The van der Waals surface area contributed by atoms with Crippen LogP contribution in [0.3, 0.4) is 0 Å². The van der Waals surface area contributed by atoms with Gasteiger partial charge in [0.25, 0.3) is 11.8 Å². The summed E-state index contributed by atoms with van der Waals surface area (Å²) in [4.78, 5) is 164. The Labute approximate surface area is 807 Å². The first kappa shape index (κ1) is 110. The molecule has 7 aliphatic rings. The minimum Gasteiger partial charge on any atom is -0.496 e. The van der Waals surface area contributed by atoms with Gasteiger partial charge in [0.15, 0.2) is 36.0 Å². The maximum atomic E-state index is 14.6. The van der Waals surface area contributed by atoms with E-state index in [2.05, 4.69) is 50.4 Å². The third kappa shape index (κ3) is 30.7. The highest BCUT2D eigenvalue weighted by Gasteiger charge is 2.52. The zero-order valence-corrected chi connectivity index (χ0v) is 82.7. The number of primary amides is 1. The minimum atomic E-state index is -2.14. The average Bonchev–Trinajstić information content (AvgIpc) is 0.760. The van der Waals surface area contributed by atoms with Crippen molar-refractivity contribution in [2.24, 2.45) is 29.4 Å². The van der Waals surface area contributed by atoms with Gasteiger partial charge < -0.3 is 105 Å². The second-order valence-corrected chi connectivity index (χ2v) is 41.0. The SMILES string of the molecule is COc1c(C)c(OC2OC(C)C(O)C(OC)C2O)c(I)c(C)c1C(=O)SC1C(O)CC(ONC2C(C)OC(O[C@H]3C#C/C=C\C#C[C@]4(O)CC(=O)C(CC(C)=O)=C3/C4=C/CSSC(C)(C)CCC(=O)CCCNC(=O)OCc3ccc(NC(=O)[C@H](CCCNC(N)=O)CC(=O)[C@@H](NC(=O)CCCCCN4C(=O)C=CC4=O)C(C)C)cc3)C(OC3CC(C)C(CC(C)=O)CO3)C2O)OC1C. The zero-order chi connectivity index (χ0) is 98.2. The van der Waals surface area contributed by atoms with Crippen LogP contribution >= 0.6 is 55.9 Å². The molecule has 0 radical (unpaired) electrons. The number of unbranched alkanes of at least 4 members (excludes halogenated alkanes) is 2. The Morgan fingerprint density at radius 3 is 2.15 bits per heavy atom. The van der Waals surface area contributed by atoms with Crippen LogP contribution in [0, 0.1) is 64.8 Å². The molecule has 736 valence electrons. The number of ether oxygens (including phenoxy) is 10. The van der Waals surface area contributed by atoms with E-state index in [9.17, 15) is 83.1 Å². The van der Waals surface area contributed by atoms with Crippen LogP contribution in [0.4, 0.5) is 15.3 Å². The molecule has 134 heavy (non-hydrogen) atoms. The molecular weight excluding hydrogens is 1910 g/mol. The van der Waals surface area contributed by atoms with Crippen molar-refractivity contribution in [1.82, 2.24) is 26.3 Å². The number of methoxy groups -OCH3 is 2. The molecule has 39 heteroatoms. The van der Waals surface area contributed by atoms with Crippen molar-refractivity contribution in [3.8, 4) is 35.2 Å². The highest BCUT2D eigenvalue weighted by atomic mass is 127. The summed E-state index contributed by atoms with van der Waals surface area (Å²) in [5.41, 5.74) is 8.33. The number of anilines is 1. The summed E-state index contributed by atoms with van der Waals surface area (Å²) < 4.78 is 61.8. The second kappa shape index (κ2) is 51.6. The van der Waals surface area contributed by atoms with Gasteiger partial charge >= 0.3 is 12.1 Å². The topological polar surface area (TPSA) is 497 Å². The molecule has 9 rings (SSSR count). The molecule has 12 N–H and O–H groups in total. The van der Waals surface area contributed by atoms with Crippen molar-refractivity contribution >= 4 is 131 Å². The van der Waals surface area contributed by atoms with Crippen molar-refractivity contribution < 1.29 is 135 Å². The summed E-state index contributed by atoms with van der Waals surface area (Å²) in [7, 11) is 5.64. The molecular formula is C95H128IN7O28S3. The number of aliphatic hydroxyl groups excluding tert-OH is 4. The van der Waals surface area contributed by atoms with Gasteiger partial charge in [0, 0.05) is 135 Å². The summed E-state index contributed by atoms with van der Waals surface area (Å²) in [6, 6.07) is 3.74. The fraction of sp³-hybridized carbons (Fsp3) is 0.621. The van der Waals surface area contributed by atoms with E-state index in [-0.39, 0.29) is 189 Å². The van der Waals surface area contributed by atoms with Crippen molar-refractivity contribution in [1.29, 1.82) is 0 Å². The van der Waals surface area contributed by atoms with Gasteiger partial charge in [-0.15, -0.1) is 0 Å². The number of carbonyl (C=O) groups is 12. The van der Waals surface area contributed by atoms with Crippen molar-refractivity contribution in [3.05, 3.63) is 97.2 Å². The van der Waals surface area contributed by atoms with Gasteiger partial charge in [-0.25, -0.2) is 9.59 Å². The molecule has 5 aliphatic heterocycles. The Balaban J connectivity index is 0.783. The van der Waals surface area contributed by atoms with Crippen molar-refractivity contribution in [2.75, 3.05) is 51.5 Å². The lowest BCUT2D eigenvalue weighted by Gasteiger charge is -2.46. The monoisotopic (exact) mass is 2040 g/mol. The number of carbonyl (C=O) groups excluding carboxylic acids is 12. The van der Waals surface area contributed by atoms with Crippen LogP contribution in [0.1, 0.15) is 199 Å². The summed E-state index contributed by atoms with van der Waals surface area (Å²) in [5, 5.41) is 68.7. The number of Topliss-reactive ketones (excluding diaryl/α,β-unsaturated/α-hetero) is 5. The van der Waals surface area contributed by atoms with E-state index in [1.165, 1.54) is 74.0 Å². The van der Waals surface area contributed by atoms with Crippen LogP contribution in [0.2, 0.25) is 0 Å². The van der Waals surface area contributed by atoms with Crippen molar-refractivity contribution in [2.45, 2.75) is 306 Å². The van der Waals surface area contributed by atoms with Crippen LogP contribution in [0.5, 0.6) is 11.5 Å². The second-order valence-electron chi connectivity index (χ2n) is 35.7. The highest BCUT2D eigenvalue weighted by Crippen LogP contribution is 2.47. The van der Waals surface area contributed by atoms with E-state index in [0.29, 0.717) is 64.5 Å². The van der Waals surface area contributed by atoms with E-state index in [0.717, 1.165) is 16.7 Å². The number of rotatable bonds is 47. The molecule has 21 atom stereocenters. The number of nitrogens with zero attached hydrogens (tertiary/aromatic N) is 1. The zero-order valence-electron chi connectivity index (χ0n) is 78.1. The standard InChI is InChI=1S/C95H128IN7O28S3/c1-50(2)78(101-70(110)27-19-17-21-40-103-71(111)32-33-72(103)112)66(107)45-60(24-22-38-98-92(97)118)88(116)100-62-30-28-59(29-31-62)48-124-93(119)99-39-23-25-63(106)34-37-94(11,12)134-132-41-35-65-76-64(44-53(5)105)68(109)47-95(65,120)36-20-16-15-18-26-69(76)128-91-86(129-73-42-51(3)61(49-123-73)43-52(4)104)81(114)79(56(8)126-91)102-131-74-46-67(108)87(58(10)125-74)133-89(117)75-54(6)77(96)84(55(7)83(75)121-13)130-90-82(115)85(122-14)80(113)57(9)127-90/h15-16,28-33,35,50-51,56-58,60-61,67,69,73-74,78-82,85-87,90-91,102,108,113-115,120H,17,19,21-25,27,34,37-49H2,1-14H3,(H,99,119)(H,100,116)(H,101,110)(H3,97,98,118)/b16-15-,65-35-/t51?,56?,57?,58?,60-,61?,67?,69+,73?,74?,78+,79?,80?,81?,82?,85?,86?,87?,90?,91?,95+/m1/s1. The van der Waals surface area contributed by atoms with Gasteiger partial charge in [-0.05, 0) is 177 Å². The molecule has 17 unspecified atom stereocenters. The summed E-state index contributed by atoms with van der Waals surface area (Å²) in [5.74, 6) is 7.99. The molecule has 0 saturated carbocycles. The largest absolute Gasteiger partial charge is 0.496 e. The van der Waals surface area contributed by atoms with Crippen LogP contribution in [-0.4, -0.2) is 260 Å². The Morgan fingerprint density at radius 1 is 0.784 bits per heavy atom. The molecule has 2 bridgehead atoms. The first-order valence-electron chi connectivity index (χ1n) is 45.2. The molecule has 2 aromatic carbocycles. The number of nitrogens with two attached hydrogens (primary N) is 1. The van der Waals surface area contributed by atoms with E-state index in [1.54, 1.807) is 78.8 Å². The molecule has 0 spiro atoms. The number of nitrogens with one attached hydrogen (secondary N) is 5. The number of allylic oxidation sites excluding steroid dienone is 3. The quantitative estimate of drug-likeness (QED) is 0.00738. The average molecular weight is 2040 g/mol. The number of fused-ring (bicyclic) bond motifs is 2. The fourth-order valence-corrected chi connectivity index (χ4v) is 21.1. The van der Waals surface area contributed by atoms with E-state index in [4.69, 9.17) is 57.9 Å². The lowest BCUT2D eigenvalue weighted by molar-refractivity contribution is -0.335. The number of halogens is 1. The maximum absolute atomic E-state index is 14.6. The highest BCUT2D eigenvalue weighted by molar-refractivity contribution is 14.1. The molecule has 7 amide bonds. The molecule has 2 aliphatic carbocycles. The number of amides is 7. The molecule has 4 fully saturated rings. The number of hydroxylamine groups is 1. The summed E-state index contributed by atoms with van der Waals surface area (Å²) in [6.07, 6.45) is -7.97. The maximum Gasteiger partial charge on any atom is 0.407 e. The number of benzene rings is 2. The van der Waals surface area contributed by atoms with Gasteiger partial charge in [-0.2, -0.15) is 5.48 Å². The Bertz CT molecular complexity index is 4780. The molecule has 2 aromatic rings. The Hall–Kier alpha value is -8.02. The smallest absolute Gasteiger partial charge is 0.407 e. The number of aliphatic hydroxyl groups is 5. The first-order chi connectivity index (χ1) is 63.5. The van der Waals surface area contributed by atoms with Gasteiger partial charge in [0.05, 0.1) is 71.0 Å². The van der Waals surface area contributed by atoms with E-state index < -0.39 is 155 Å². The minimum absolute atomic E-state index is 0.00960. The van der Waals surface area contributed by atoms with Gasteiger partial charge in [0.2, 0.25) is 23.2 Å². The number of hydrogen-bond donors (Lipinski definition) is 11. The molecule has 0 aromatic heterocycles. The molecule has 4 saturated heterocycles. The number of hydrogen-bond acceptors (Lipinski definition) is 32. The van der Waals surface area contributed by atoms with Crippen LogP contribution in [0.25, 0.3) is 0 Å². The third-order valence-electron chi connectivity index (χ3n) is 24.3. The predicted molar refractivity (Wildman–Crippen MR) is 506 cm³/mol. The van der Waals surface area contributed by atoms with Gasteiger partial charge in [-0.3, -0.25) is 52.9 Å². The van der Waals surface area contributed by atoms with Crippen LogP contribution in [0.15, 0.2) is 71.4 Å². The molecule has 35 nitrogen and oxygen atoms in total. The van der Waals surface area contributed by atoms with E-state index in [1.807, 2.05) is 43.4 Å². The predicted octanol–water partition coefficient (Wildman–Crippen LogP) is 8.55. The summed E-state index contributed by atoms with van der Waals surface area (Å²) in [6.45, 7) is 21.2. The fourth-order valence-electron chi connectivity index (χ4n) is 16.7. The summed E-state index contributed by atoms with van der Waals surface area (Å²) >= 11 is 2.89. The number of alkyl carbamates (subject to hydrolysis) is 1. The van der Waals surface area contributed by atoms with Crippen LogP contribution in [-0.2, 0) is 92.5 Å². The van der Waals surface area contributed by atoms with Crippen LogP contribution < -0.4 is 42.0 Å². The van der Waals surface area contributed by atoms with Gasteiger partial charge in [-0.1, -0.05) is 102 Å². The van der Waals surface area contributed by atoms with Crippen molar-refractivity contribution in [3.63, 3.8) is 0 Å². The first-order valence-corrected chi connectivity index (χ1v) is 49.5. The van der Waals surface area contributed by atoms with E-state index >= 15 is 0 Å². The number of imide groups is 1. The number of thioether (sulfide) groups is 1. The lowest BCUT2D eigenvalue weighted by atomic mass is 9.72. The Kier molecular flexibility index (Phi) is 42.2. The molecule has 5 heterocycles. The normalized spacial score (nSPS) is 27.9. The lowest BCUT2D eigenvalue weighted by Crippen LogP contribution is -2.64.